The fourth-order valence-corrected chi connectivity index (χ4v) is 1.07. The van der Waals surface area contributed by atoms with Crippen molar-refractivity contribution in [2.75, 3.05) is 0 Å². The van der Waals surface area contributed by atoms with Crippen molar-refractivity contribution in [2.45, 2.75) is 6.92 Å². The minimum absolute atomic E-state index is 0.0360. The van der Waals surface area contributed by atoms with Crippen molar-refractivity contribution < 1.29 is 0 Å². The van der Waals surface area contributed by atoms with Gasteiger partial charge in [-0.2, -0.15) is 5.10 Å². The van der Waals surface area contributed by atoms with E-state index in [1.54, 1.807) is 25.4 Å². The van der Waals surface area contributed by atoms with Crippen LogP contribution in [0.3, 0.4) is 0 Å². The van der Waals surface area contributed by atoms with Crippen LogP contribution in [0, 0.1) is 6.92 Å². The summed E-state index contributed by atoms with van der Waals surface area (Å²) in [5, 5.41) is 7.21. The van der Waals surface area contributed by atoms with Crippen LogP contribution in [0.4, 0.5) is 0 Å². The quantitative estimate of drug-likeness (QED) is 0.616. The molecule has 0 radical (unpaired) electrons. The minimum atomic E-state index is -0.0360. The first kappa shape index (κ1) is 6.97. The average molecular weight is 161 g/mol. The fraction of sp³-hybridized carbons (Fsp3) is 0.125. The van der Waals surface area contributed by atoms with Gasteiger partial charge in [0, 0.05) is 6.20 Å². The number of nitrogens with zero attached hydrogens (tertiary/aromatic N) is 2. The van der Waals surface area contributed by atoms with Gasteiger partial charge in [0.25, 0.3) is 0 Å². The van der Waals surface area contributed by atoms with Gasteiger partial charge in [-0.3, -0.25) is 14.9 Å². The number of aromatic nitrogens is 3. The molecule has 0 saturated carbocycles. The number of aromatic amines is 1. The summed E-state index contributed by atoms with van der Waals surface area (Å²) in [6, 6.07) is 1.68. The lowest BCUT2D eigenvalue weighted by atomic mass is 10.2. The Balaban J connectivity index is 3.01. The zero-order valence-corrected chi connectivity index (χ0v) is 6.53. The number of nitrogens with one attached hydrogen (secondary N) is 1. The highest BCUT2D eigenvalue weighted by atomic mass is 16.1. The molecular weight excluding hydrogens is 154 g/mol. The minimum Gasteiger partial charge on any atom is -0.287 e. The lowest BCUT2D eigenvalue weighted by Gasteiger charge is -1.95. The van der Waals surface area contributed by atoms with Gasteiger partial charge in [-0.15, -0.1) is 0 Å². The van der Waals surface area contributed by atoms with Crippen LogP contribution in [0.25, 0.3) is 10.9 Å². The van der Waals surface area contributed by atoms with Gasteiger partial charge in [0.2, 0.25) is 5.43 Å². The van der Waals surface area contributed by atoms with E-state index in [2.05, 4.69) is 15.2 Å². The van der Waals surface area contributed by atoms with Crippen molar-refractivity contribution in [1.29, 1.82) is 0 Å². The van der Waals surface area contributed by atoms with Gasteiger partial charge < -0.3 is 0 Å². The third-order valence-corrected chi connectivity index (χ3v) is 1.74. The molecule has 2 rings (SSSR count). The third-order valence-electron chi connectivity index (χ3n) is 1.74. The maximum Gasteiger partial charge on any atom is 0.210 e. The average Bonchev–Trinajstić information content (AvgIpc) is 2.12. The molecule has 2 heterocycles. The highest BCUT2D eigenvalue weighted by Crippen LogP contribution is 2.01. The number of hydrogen-bond donors (Lipinski definition) is 1. The highest BCUT2D eigenvalue weighted by Gasteiger charge is 2.00. The molecular formula is C8H7N3O. The first-order valence-electron chi connectivity index (χ1n) is 3.58. The molecule has 1 N–H and O–H groups in total. The van der Waals surface area contributed by atoms with Crippen LogP contribution in [0.5, 0.6) is 0 Å². The Bertz CT molecular complexity index is 475. The molecule has 0 spiro atoms. The Morgan fingerprint density at radius 2 is 2.33 bits per heavy atom. The van der Waals surface area contributed by atoms with Crippen LogP contribution in [0.2, 0.25) is 0 Å². The smallest absolute Gasteiger partial charge is 0.210 e. The van der Waals surface area contributed by atoms with Crippen molar-refractivity contribution in [3.63, 3.8) is 0 Å². The second kappa shape index (κ2) is 2.41. The molecule has 4 heteroatoms. The van der Waals surface area contributed by atoms with Crippen LogP contribution in [0.1, 0.15) is 5.69 Å². The molecule has 0 bridgehead atoms. The second-order valence-corrected chi connectivity index (χ2v) is 2.56. The van der Waals surface area contributed by atoms with Crippen molar-refractivity contribution in [1.82, 2.24) is 15.2 Å². The van der Waals surface area contributed by atoms with Crippen molar-refractivity contribution >= 4 is 10.9 Å². The van der Waals surface area contributed by atoms with Crippen molar-refractivity contribution in [3.05, 3.63) is 34.4 Å². The molecule has 0 atom stereocenters. The zero-order valence-electron chi connectivity index (χ0n) is 6.53. The normalized spacial score (nSPS) is 10.4. The van der Waals surface area contributed by atoms with E-state index in [0.717, 1.165) is 0 Å². The van der Waals surface area contributed by atoms with E-state index in [4.69, 9.17) is 0 Å². The summed E-state index contributed by atoms with van der Waals surface area (Å²) in [6.07, 6.45) is 3.18. The Morgan fingerprint density at radius 1 is 1.50 bits per heavy atom. The van der Waals surface area contributed by atoms with E-state index in [9.17, 15) is 4.79 Å². The third kappa shape index (κ3) is 0.887. The van der Waals surface area contributed by atoms with Crippen molar-refractivity contribution in [3.8, 4) is 0 Å². The Kier molecular flexibility index (Phi) is 1.40. The Hall–Kier alpha value is -1.71. The standard InChI is InChI=1S/C8H7N3O/c1-5-8(12)6-2-3-9-4-7(6)11-10-5/h2-4H,1H3,(H,11,12). The Morgan fingerprint density at radius 3 is 3.17 bits per heavy atom. The molecule has 60 valence electrons. The molecule has 12 heavy (non-hydrogen) atoms. The van der Waals surface area contributed by atoms with Crippen LogP contribution in [-0.4, -0.2) is 15.2 Å². The molecule has 0 aromatic carbocycles. The van der Waals surface area contributed by atoms with E-state index in [-0.39, 0.29) is 5.43 Å². The van der Waals surface area contributed by atoms with E-state index in [0.29, 0.717) is 16.6 Å². The van der Waals surface area contributed by atoms with Gasteiger partial charge in [0.1, 0.15) is 5.69 Å². The first-order valence-corrected chi connectivity index (χ1v) is 3.58. The molecule has 4 nitrogen and oxygen atoms in total. The van der Waals surface area contributed by atoms with Crippen LogP contribution < -0.4 is 5.43 Å². The highest BCUT2D eigenvalue weighted by molar-refractivity contribution is 5.76. The SMILES string of the molecule is Cc1n[nH]c2cnccc2c1=O. The molecule has 0 aliphatic rings. The predicted octanol–water partition coefficient (Wildman–Crippen LogP) is 0.627. The molecule has 0 unspecified atom stereocenters. The monoisotopic (exact) mass is 161 g/mol. The largest absolute Gasteiger partial charge is 0.287 e. The lowest BCUT2D eigenvalue weighted by molar-refractivity contribution is 0.999. The van der Waals surface area contributed by atoms with Gasteiger partial charge >= 0.3 is 0 Å². The molecule has 2 aromatic heterocycles. The molecule has 0 saturated heterocycles. The first-order chi connectivity index (χ1) is 5.79. The van der Waals surface area contributed by atoms with E-state index in [1.165, 1.54) is 0 Å². The number of aryl methyl sites for hydroxylation is 1. The summed E-state index contributed by atoms with van der Waals surface area (Å²) in [5.41, 5.74) is 1.12. The van der Waals surface area contributed by atoms with Crippen LogP contribution in [-0.2, 0) is 0 Å². The maximum atomic E-state index is 11.4. The molecule has 2 aromatic rings. The molecule has 0 amide bonds. The predicted molar refractivity (Wildman–Crippen MR) is 44.9 cm³/mol. The second-order valence-electron chi connectivity index (χ2n) is 2.56. The summed E-state index contributed by atoms with van der Waals surface area (Å²) >= 11 is 0. The number of fused-ring (bicyclic) bond motifs is 1. The summed E-state index contributed by atoms with van der Waals surface area (Å²) in [5.74, 6) is 0. The van der Waals surface area contributed by atoms with Crippen LogP contribution >= 0.6 is 0 Å². The van der Waals surface area contributed by atoms with Gasteiger partial charge in [-0.1, -0.05) is 0 Å². The van der Waals surface area contributed by atoms with Crippen molar-refractivity contribution in [2.24, 2.45) is 0 Å². The number of H-pyrrole nitrogens is 1. The van der Waals surface area contributed by atoms with Gasteiger partial charge in [-0.05, 0) is 13.0 Å². The molecule has 0 fully saturated rings. The van der Waals surface area contributed by atoms with Crippen LogP contribution in [0.15, 0.2) is 23.3 Å². The van der Waals surface area contributed by atoms with E-state index in [1.807, 2.05) is 0 Å². The summed E-state index contributed by atoms with van der Waals surface area (Å²) in [7, 11) is 0. The fourth-order valence-electron chi connectivity index (χ4n) is 1.07. The van der Waals surface area contributed by atoms with E-state index < -0.39 is 0 Å². The topological polar surface area (TPSA) is 58.6 Å². The summed E-state index contributed by atoms with van der Waals surface area (Å²) < 4.78 is 0. The number of rotatable bonds is 0. The number of pyridine rings is 1. The molecule has 0 aliphatic heterocycles. The van der Waals surface area contributed by atoms with Gasteiger partial charge in [0.15, 0.2) is 0 Å². The zero-order chi connectivity index (χ0) is 8.55. The number of hydrogen-bond acceptors (Lipinski definition) is 3. The summed E-state index contributed by atoms with van der Waals surface area (Å²) in [6.45, 7) is 1.68. The summed E-state index contributed by atoms with van der Waals surface area (Å²) in [4.78, 5) is 15.3. The lowest BCUT2D eigenvalue weighted by Crippen LogP contribution is -2.09. The maximum absolute atomic E-state index is 11.4. The molecule has 0 aliphatic carbocycles. The van der Waals surface area contributed by atoms with Gasteiger partial charge in [-0.25, -0.2) is 0 Å². The Labute approximate surface area is 68.3 Å². The van der Waals surface area contributed by atoms with Gasteiger partial charge in [0.05, 0.1) is 17.1 Å². The van der Waals surface area contributed by atoms with E-state index >= 15 is 0 Å².